The van der Waals surface area contributed by atoms with E-state index < -0.39 is 0 Å². The van der Waals surface area contributed by atoms with Gasteiger partial charge in [0.1, 0.15) is 0 Å². The summed E-state index contributed by atoms with van der Waals surface area (Å²) in [5.74, 6) is 0. The van der Waals surface area contributed by atoms with Crippen LogP contribution in [0.2, 0.25) is 0 Å². The zero-order valence-corrected chi connectivity index (χ0v) is 11.5. The number of hydrogen-bond acceptors (Lipinski definition) is 1. The summed E-state index contributed by atoms with van der Waals surface area (Å²) >= 11 is 0. The van der Waals surface area contributed by atoms with Crippen LogP contribution in [0, 0.1) is 0 Å². The van der Waals surface area contributed by atoms with Crippen molar-refractivity contribution in [3.63, 3.8) is 0 Å². The molecular formula is C19H18O. The van der Waals surface area contributed by atoms with Gasteiger partial charge in [-0.3, -0.25) is 0 Å². The molecule has 0 saturated heterocycles. The summed E-state index contributed by atoms with van der Waals surface area (Å²) in [6.45, 7) is 0.134. The van der Waals surface area contributed by atoms with E-state index in [0.717, 1.165) is 18.4 Å². The van der Waals surface area contributed by atoms with Gasteiger partial charge in [-0.05, 0) is 64.6 Å². The maximum absolute atomic E-state index is 9.28. The first-order valence-corrected chi connectivity index (χ1v) is 7.41. The van der Waals surface area contributed by atoms with Crippen LogP contribution in [0.5, 0.6) is 0 Å². The van der Waals surface area contributed by atoms with Gasteiger partial charge < -0.3 is 5.11 Å². The third-order valence-electron chi connectivity index (χ3n) is 4.61. The van der Waals surface area contributed by atoms with Gasteiger partial charge in [0.05, 0.1) is 6.61 Å². The number of fused-ring (bicyclic) bond motifs is 5. The molecule has 0 aromatic heterocycles. The molecule has 20 heavy (non-hydrogen) atoms. The van der Waals surface area contributed by atoms with Crippen LogP contribution in [0.3, 0.4) is 0 Å². The molecule has 2 aromatic carbocycles. The number of aliphatic hydroxyl groups excluding tert-OH is 1. The van der Waals surface area contributed by atoms with Crippen molar-refractivity contribution in [3.8, 4) is 11.1 Å². The van der Waals surface area contributed by atoms with E-state index in [-0.39, 0.29) is 6.61 Å². The van der Waals surface area contributed by atoms with Gasteiger partial charge in [-0.1, -0.05) is 42.5 Å². The number of aliphatic hydroxyl groups is 1. The molecule has 0 unspecified atom stereocenters. The zero-order chi connectivity index (χ0) is 13.5. The smallest absolute Gasteiger partial charge is 0.0681 e. The molecule has 2 aromatic rings. The molecule has 0 saturated carbocycles. The molecular weight excluding hydrogens is 244 g/mol. The SMILES string of the molecule is OCc1ccc2c(c1)CCc1c-2ccc2c1CCC=C2. The van der Waals surface area contributed by atoms with E-state index in [9.17, 15) is 5.11 Å². The second-order valence-electron chi connectivity index (χ2n) is 5.75. The summed E-state index contributed by atoms with van der Waals surface area (Å²) < 4.78 is 0. The van der Waals surface area contributed by atoms with E-state index in [1.165, 1.54) is 35.1 Å². The first-order valence-electron chi connectivity index (χ1n) is 7.41. The van der Waals surface area contributed by atoms with Crippen molar-refractivity contribution in [1.82, 2.24) is 0 Å². The number of hydrogen-bond donors (Lipinski definition) is 1. The molecule has 2 aliphatic carbocycles. The molecule has 4 rings (SSSR count). The van der Waals surface area contributed by atoms with Crippen LogP contribution in [0.15, 0.2) is 36.4 Å². The van der Waals surface area contributed by atoms with Gasteiger partial charge in [0.15, 0.2) is 0 Å². The Kier molecular flexibility index (Phi) is 2.75. The van der Waals surface area contributed by atoms with Crippen LogP contribution in [0.4, 0.5) is 0 Å². The van der Waals surface area contributed by atoms with Crippen LogP contribution >= 0.6 is 0 Å². The van der Waals surface area contributed by atoms with E-state index in [1.807, 2.05) is 6.07 Å². The fraction of sp³-hybridized carbons (Fsp3) is 0.263. The largest absolute Gasteiger partial charge is 0.392 e. The van der Waals surface area contributed by atoms with Crippen LogP contribution in [0.1, 0.15) is 34.2 Å². The lowest BCUT2D eigenvalue weighted by Crippen LogP contribution is -2.10. The molecule has 1 N–H and O–H groups in total. The summed E-state index contributed by atoms with van der Waals surface area (Å²) in [5.41, 5.74) is 9.69. The van der Waals surface area contributed by atoms with E-state index in [4.69, 9.17) is 0 Å². The lowest BCUT2D eigenvalue weighted by atomic mass is 9.79. The molecule has 0 spiro atoms. The minimum atomic E-state index is 0.134. The first-order chi connectivity index (χ1) is 9.86. The van der Waals surface area contributed by atoms with Crippen molar-refractivity contribution in [2.75, 3.05) is 0 Å². The van der Waals surface area contributed by atoms with Crippen molar-refractivity contribution < 1.29 is 5.11 Å². The molecule has 100 valence electrons. The Bertz CT molecular complexity index is 710. The third kappa shape index (κ3) is 1.74. The van der Waals surface area contributed by atoms with E-state index in [1.54, 1.807) is 11.1 Å². The van der Waals surface area contributed by atoms with Crippen LogP contribution < -0.4 is 0 Å². The van der Waals surface area contributed by atoms with Crippen molar-refractivity contribution in [3.05, 3.63) is 64.2 Å². The van der Waals surface area contributed by atoms with Crippen LogP contribution in [-0.2, 0) is 25.9 Å². The van der Waals surface area contributed by atoms with Crippen LogP contribution in [-0.4, -0.2) is 5.11 Å². The molecule has 0 heterocycles. The Morgan fingerprint density at radius 3 is 2.70 bits per heavy atom. The standard InChI is InChI=1S/C19H18O/c20-12-13-5-8-17-15(11-13)7-10-18-16-4-2-1-3-14(16)6-9-19(17)18/h1,3,5-6,8-9,11,20H,2,4,7,10,12H2. The van der Waals surface area contributed by atoms with Gasteiger partial charge in [-0.2, -0.15) is 0 Å². The van der Waals surface area contributed by atoms with E-state index in [2.05, 4.69) is 36.4 Å². The first kappa shape index (κ1) is 11.9. The Morgan fingerprint density at radius 1 is 0.900 bits per heavy atom. The Morgan fingerprint density at radius 2 is 1.80 bits per heavy atom. The number of rotatable bonds is 1. The minimum absolute atomic E-state index is 0.134. The molecule has 0 bridgehead atoms. The predicted molar refractivity (Wildman–Crippen MR) is 82.6 cm³/mol. The Hall–Kier alpha value is -1.86. The molecule has 0 aliphatic heterocycles. The zero-order valence-electron chi connectivity index (χ0n) is 11.5. The highest BCUT2D eigenvalue weighted by Gasteiger charge is 2.20. The maximum atomic E-state index is 9.28. The Balaban J connectivity index is 1.91. The quantitative estimate of drug-likeness (QED) is 0.826. The van der Waals surface area contributed by atoms with Gasteiger partial charge in [0.2, 0.25) is 0 Å². The van der Waals surface area contributed by atoms with Crippen molar-refractivity contribution in [1.29, 1.82) is 0 Å². The number of allylic oxidation sites excluding steroid dienone is 1. The van der Waals surface area contributed by atoms with Crippen molar-refractivity contribution in [2.45, 2.75) is 32.3 Å². The monoisotopic (exact) mass is 262 g/mol. The summed E-state index contributed by atoms with van der Waals surface area (Å²) in [6.07, 6.45) is 9.12. The molecule has 0 amide bonds. The normalized spacial score (nSPS) is 15.4. The second-order valence-corrected chi connectivity index (χ2v) is 5.75. The molecule has 0 atom stereocenters. The summed E-state index contributed by atoms with van der Waals surface area (Å²) in [5, 5.41) is 9.28. The second kappa shape index (κ2) is 4.60. The average molecular weight is 262 g/mol. The molecule has 0 fully saturated rings. The molecule has 0 radical (unpaired) electrons. The summed E-state index contributed by atoms with van der Waals surface area (Å²) in [6, 6.07) is 10.9. The highest BCUT2D eigenvalue weighted by molar-refractivity contribution is 5.77. The molecule has 2 aliphatic rings. The lowest BCUT2D eigenvalue weighted by molar-refractivity contribution is 0.281. The number of benzene rings is 2. The average Bonchev–Trinajstić information content (AvgIpc) is 2.53. The molecule has 1 nitrogen and oxygen atoms in total. The maximum Gasteiger partial charge on any atom is 0.0681 e. The van der Waals surface area contributed by atoms with Gasteiger partial charge in [0.25, 0.3) is 0 Å². The van der Waals surface area contributed by atoms with Crippen molar-refractivity contribution >= 4 is 6.08 Å². The number of aryl methyl sites for hydroxylation is 1. The topological polar surface area (TPSA) is 20.2 Å². The van der Waals surface area contributed by atoms with Crippen LogP contribution in [0.25, 0.3) is 17.2 Å². The predicted octanol–water partition coefficient (Wildman–Crippen LogP) is 3.90. The lowest BCUT2D eigenvalue weighted by Gasteiger charge is -2.25. The van der Waals surface area contributed by atoms with E-state index in [0.29, 0.717) is 0 Å². The highest BCUT2D eigenvalue weighted by Crippen LogP contribution is 2.38. The van der Waals surface area contributed by atoms with Gasteiger partial charge >= 0.3 is 0 Å². The van der Waals surface area contributed by atoms with Crippen molar-refractivity contribution in [2.24, 2.45) is 0 Å². The van der Waals surface area contributed by atoms with Gasteiger partial charge in [-0.15, -0.1) is 0 Å². The third-order valence-corrected chi connectivity index (χ3v) is 4.61. The fourth-order valence-corrected chi connectivity index (χ4v) is 3.61. The van der Waals surface area contributed by atoms with Gasteiger partial charge in [-0.25, -0.2) is 0 Å². The highest BCUT2D eigenvalue weighted by atomic mass is 16.3. The fourth-order valence-electron chi connectivity index (χ4n) is 3.61. The summed E-state index contributed by atoms with van der Waals surface area (Å²) in [4.78, 5) is 0. The summed E-state index contributed by atoms with van der Waals surface area (Å²) in [7, 11) is 0. The Labute approximate surface area is 119 Å². The molecule has 1 heteroatoms. The van der Waals surface area contributed by atoms with Gasteiger partial charge in [0, 0.05) is 0 Å². The van der Waals surface area contributed by atoms with E-state index >= 15 is 0 Å². The minimum Gasteiger partial charge on any atom is -0.392 e.